The van der Waals surface area contributed by atoms with Crippen LogP contribution >= 0.6 is 0 Å². The molecule has 0 amide bonds. The van der Waals surface area contributed by atoms with Gasteiger partial charge >= 0.3 is 0 Å². The molecule has 296 valence electrons. The Morgan fingerprint density at radius 3 is 1.76 bits per heavy atom. The summed E-state index contributed by atoms with van der Waals surface area (Å²) >= 11 is 0. The molecule has 9 aromatic rings. The summed E-state index contributed by atoms with van der Waals surface area (Å²) < 4.78 is 6.19. The van der Waals surface area contributed by atoms with Gasteiger partial charge in [-0.25, -0.2) is 9.97 Å². The van der Waals surface area contributed by atoms with E-state index in [0.717, 1.165) is 50.1 Å². The average Bonchev–Trinajstić information content (AvgIpc) is 3.99. The molecule has 0 saturated heterocycles. The second kappa shape index (κ2) is 12.6. The topological polar surface area (TPSA) is 42.2 Å². The van der Waals surface area contributed by atoms with E-state index in [9.17, 15) is 0 Å². The Morgan fingerprint density at radius 2 is 1.06 bits per heavy atom. The van der Waals surface area contributed by atoms with E-state index in [1.54, 1.807) is 0 Å². The molecule has 7 aromatic carbocycles. The second-order valence-corrected chi connectivity index (χ2v) is 18.5. The van der Waals surface area contributed by atoms with Gasteiger partial charge in [-0.1, -0.05) is 161 Å². The smallest absolute Gasteiger partial charge is 0.231 e. The highest BCUT2D eigenvalue weighted by molar-refractivity contribution is 6.06. The van der Waals surface area contributed by atoms with Crippen LogP contribution < -0.4 is 4.90 Å². The van der Waals surface area contributed by atoms with Gasteiger partial charge in [-0.05, 0) is 104 Å². The fourth-order valence-electron chi connectivity index (χ4n) is 11.2. The third-order valence-electron chi connectivity index (χ3n) is 14.5. The third-order valence-corrected chi connectivity index (χ3v) is 14.5. The molecule has 62 heavy (non-hydrogen) atoms. The number of furan rings is 1. The lowest BCUT2D eigenvalue weighted by Crippen LogP contribution is -2.30. The summed E-state index contributed by atoms with van der Waals surface area (Å²) in [5.41, 5.74) is 21.0. The zero-order valence-corrected chi connectivity index (χ0v) is 35.1. The highest BCUT2D eigenvalue weighted by Crippen LogP contribution is 2.53. The molecule has 2 aromatic heterocycles. The maximum Gasteiger partial charge on any atom is 0.231 e. The lowest BCUT2D eigenvalue weighted by atomic mass is 9.81. The molecule has 3 aliphatic carbocycles. The molecule has 0 saturated carbocycles. The number of aromatic nitrogens is 2. The van der Waals surface area contributed by atoms with Gasteiger partial charge in [0.15, 0.2) is 0 Å². The first-order valence-electron chi connectivity index (χ1n) is 21.8. The van der Waals surface area contributed by atoms with E-state index >= 15 is 0 Å². The largest absolute Gasteiger partial charge is 0.456 e. The van der Waals surface area contributed by atoms with Gasteiger partial charge in [0.05, 0.1) is 17.4 Å². The van der Waals surface area contributed by atoms with Gasteiger partial charge in [-0.2, -0.15) is 0 Å². The summed E-state index contributed by atoms with van der Waals surface area (Å²) in [7, 11) is 0. The summed E-state index contributed by atoms with van der Waals surface area (Å²) in [6, 6.07) is 57.4. The molecule has 2 unspecified atom stereocenters. The van der Waals surface area contributed by atoms with Crippen molar-refractivity contribution in [2.24, 2.45) is 0 Å². The molecule has 2 atom stereocenters. The van der Waals surface area contributed by atoms with Gasteiger partial charge in [-0.15, -0.1) is 0 Å². The second-order valence-electron chi connectivity index (χ2n) is 18.5. The molecule has 0 radical (unpaired) electrons. The van der Waals surface area contributed by atoms with E-state index in [0.29, 0.717) is 5.95 Å². The summed E-state index contributed by atoms with van der Waals surface area (Å²) in [4.78, 5) is 13.5. The Hall–Kier alpha value is -7.30. The molecule has 3 heterocycles. The predicted octanol–water partition coefficient (Wildman–Crippen LogP) is 14.6. The molecule has 0 N–H and O–H groups in total. The van der Waals surface area contributed by atoms with E-state index in [4.69, 9.17) is 14.4 Å². The van der Waals surface area contributed by atoms with Gasteiger partial charge in [0.1, 0.15) is 11.2 Å². The van der Waals surface area contributed by atoms with E-state index in [1.165, 1.54) is 61.2 Å². The van der Waals surface area contributed by atoms with E-state index in [1.807, 2.05) is 12.1 Å². The van der Waals surface area contributed by atoms with Crippen molar-refractivity contribution in [3.63, 3.8) is 0 Å². The van der Waals surface area contributed by atoms with Crippen molar-refractivity contribution in [1.82, 2.24) is 9.97 Å². The Labute approximate surface area is 361 Å². The molecule has 1 aliphatic heterocycles. The number of benzene rings is 7. The molecule has 4 heteroatoms. The number of para-hydroxylation sites is 2. The summed E-state index contributed by atoms with van der Waals surface area (Å²) in [5.74, 6) is 0.814. The quantitative estimate of drug-likeness (QED) is 0.178. The molecule has 0 fully saturated rings. The Kier molecular flexibility index (Phi) is 7.22. The molecule has 13 rings (SSSR count). The van der Waals surface area contributed by atoms with Crippen LogP contribution in [0.25, 0.3) is 72.3 Å². The van der Waals surface area contributed by atoms with Crippen LogP contribution in [0, 0.1) is 0 Å². The van der Waals surface area contributed by atoms with Gasteiger partial charge in [0, 0.05) is 44.3 Å². The number of allylic oxidation sites excluding steroid dienone is 2. The number of rotatable bonds is 4. The van der Waals surface area contributed by atoms with Crippen molar-refractivity contribution < 1.29 is 4.42 Å². The van der Waals surface area contributed by atoms with Crippen molar-refractivity contribution >= 4 is 39.1 Å². The number of hydrogen-bond acceptors (Lipinski definition) is 4. The van der Waals surface area contributed by atoms with Crippen LogP contribution in [0.5, 0.6) is 0 Å². The number of anilines is 2. The van der Waals surface area contributed by atoms with Crippen LogP contribution in [0.4, 0.5) is 11.6 Å². The third kappa shape index (κ3) is 4.95. The Bertz CT molecular complexity index is 3330. The minimum atomic E-state index is -0.130. The Balaban J connectivity index is 0.961. The van der Waals surface area contributed by atoms with E-state index < -0.39 is 0 Å². The fraction of sp³-hybridized carbons (Fsp3) is 0.138. The highest BCUT2D eigenvalue weighted by atomic mass is 16.3. The summed E-state index contributed by atoms with van der Waals surface area (Å²) in [5, 5.41) is 2.28. The van der Waals surface area contributed by atoms with Gasteiger partial charge in [0.2, 0.25) is 5.95 Å². The van der Waals surface area contributed by atoms with Crippen molar-refractivity contribution in [2.45, 2.75) is 50.5 Å². The van der Waals surface area contributed by atoms with Crippen LogP contribution in [0.2, 0.25) is 0 Å². The Morgan fingerprint density at radius 1 is 0.500 bits per heavy atom. The monoisotopic (exact) mass is 797 g/mol. The number of fused-ring (bicyclic) bond motifs is 12. The first kappa shape index (κ1) is 35.5. The van der Waals surface area contributed by atoms with Gasteiger partial charge < -0.3 is 9.32 Å². The van der Waals surface area contributed by atoms with Crippen LogP contribution in [-0.2, 0) is 10.8 Å². The van der Waals surface area contributed by atoms with Crippen LogP contribution in [0.15, 0.2) is 180 Å². The zero-order valence-electron chi connectivity index (χ0n) is 35.1. The first-order chi connectivity index (χ1) is 30.2. The number of hydrogen-bond donors (Lipinski definition) is 0. The van der Waals surface area contributed by atoms with Gasteiger partial charge in [-0.3, -0.25) is 0 Å². The average molecular weight is 798 g/mol. The highest BCUT2D eigenvalue weighted by Gasteiger charge is 2.41. The fourth-order valence-corrected chi connectivity index (χ4v) is 11.2. The van der Waals surface area contributed by atoms with Crippen LogP contribution in [0.1, 0.15) is 67.0 Å². The zero-order chi connectivity index (χ0) is 41.5. The normalized spacial score (nSPS) is 18.3. The minimum Gasteiger partial charge on any atom is -0.456 e. The summed E-state index contributed by atoms with van der Waals surface area (Å²) in [6.45, 7) is 9.38. The number of nitrogens with zero attached hydrogens (tertiary/aromatic N) is 3. The molecule has 4 nitrogen and oxygen atoms in total. The van der Waals surface area contributed by atoms with E-state index in [-0.39, 0.29) is 22.8 Å². The molecular weight excluding hydrogens is 755 g/mol. The van der Waals surface area contributed by atoms with Gasteiger partial charge in [0.25, 0.3) is 0 Å². The van der Waals surface area contributed by atoms with E-state index in [2.05, 4.69) is 196 Å². The predicted molar refractivity (Wildman–Crippen MR) is 254 cm³/mol. The molecular formula is C58H43N3O. The lowest BCUT2D eigenvalue weighted by Gasteiger charge is -2.29. The first-order valence-corrected chi connectivity index (χ1v) is 21.8. The van der Waals surface area contributed by atoms with Crippen molar-refractivity contribution in [2.75, 3.05) is 4.90 Å². The molecule has 4 aliphatic rings. The molecule has 0 spiro atoms. The van der Waals surface area contributed by atoms with Crippen LogP contribution in [0.3, 0.4) is 0 Å². The van der Waals surface area contributed by atoms with Crippen LogP contribution in [-0.4, -0.2) is 16.0 Å². The SMILES string of the molecule is CC1(C)c2ccccc2-c2ccc(-c3cc(-c4ccc5c(c4)C(C)(C)c4ccccc4-5)nc(N4c5ccccc5C5C=C(c6ccc7oc8ccccc8c7c6)C=CC54)n3)cc21. The molecule has 0 bridgehead atoms. The van der Waals surface area contributed by atoms with Crippen molar-refractivity contribution in [3.8, 4) is 44.8 Å². The minimum absolute atomic E-state index is 0.000331. The van der Waals surface area contributed by atoms with Crippen molar-refractivity contribution in [1.29, 1.82) is 0 Å². The summed E-state index contributed by atoms with van der Waals surface area (Å²) in [6.07, 6.45) is 7.09. The maximum absolute atomic E-state index is 6.19. The standard InChI is InChI=1S/C58H43N3O/c1-57(2)46-17-9-5-13-38(46)40-25-21-36(31-48(40)57)50-33-51(37-22-26-41-39-14-6-10-18-47(39)58(3,4)49(41)32-37)60-56(59-50)61-52-19-11-7-15-42(52)44-29-34(23-27-53(44)61)35-24-28-55-45(30-35)43-16-8-12-20-54(43)62-55/h5-33,44,53H,1-4H3. The van der Waals surface area contributed by atoms with Crippen molar-refractivity contribution in [3.05, 3.63) is 209 Å². The maximum atomic E-state index is 6.19. The lowest BCUT2D eigenvalue weighted by molar-refractivity contribution is 0.660.